The van der Waals surface area contributed by atoms with Crippen LogP contribution in [0.2, 0.25) is 0 Å². The van der Waals surface area contributed by atoms with E-state index in [9.17, 15) is 9.18 Å². The van der Waals surface area contributed by atoms with E-state index in [0.717, 1.165) is 5.56 Å². The normalized spacial score (nSPS) is 12.0. The number of nitrogens with one attached hydrogen (secondary N) is 1. The first-order valence-corrected chi connectivity index (χ1v) is 7.29. The Hall–Kier alpha value is -2.36. The Bertz CT molecular complexity index is 596. The Morgan fingerprint density at radius 2 is 1.73 bits per heavy atom. The smallest absolute Gasteiger partial charge is 0.258 e. The quantitative estimate of drug-likeness (QED) is 0.883. The number of amides is 1. The van der Waals surface area contributed by atoms with Gasteiger partial charge in [-0.15, -0.1) is 0 Å². The molecule has 0 radical (unpaired) electrons. The number of rotatable bonds is 6. The van der Waals surface area contributed by atoms with Crippen molar-refractivity contribution >= 4 is 5.91 Å². The fourth-order valence-corrected chi connectivity index (χ4v) is 2.19. The van der Waals surface area contributed by atoms with Crippen LogP contribution in [0, 0.1) is 11.7 Å². The van der Waals surface area contributed by atoms with Crippen molar-refractivity contribution in [2.24, 2.45) is 5.92 Å². The molecule has 4 heteroatoms. The third kappa shape index (κ3) is 4.58. The van der Waals surface area contributed by atoms with Gasteiger partial charge < -0.3 is 10.1 Å². The van der Waals surface area contributed by atoms with Crippen LogP contribution in [0.1, 0.15) is 25.5 Å². The van der Waals surface area contributed by atoms with Crippen LogP contribution in [0.4, 0.5) is 4.39 Å². The van der Waals surface area contributed by atoms with Crippen LogP contribution in [-0.4, -0.2) is 12.5 Å². The first kappa shape index (κ1) is 16.0. The van der Waals surface area contributed by atoms with E-state index >= 15 is 0 Å². The maximum absolute atomic E-state index is 12.8. The second-order valence-electron chi connectivity index (χ2n) is 5.44. The lowest BCUT2D eigenvalue weighted by atomic mass is 9.96. The van der Waals surface area contributed by atoms with Gasteiger partial charge in [-0.05, 0) is 35.7 Å². The van der Waals surface area contributed by atoms with Crippen LogP contribution < -0.4 is 10.1 Å². The van der Waals surface area contributed by atoms with E-state index in [1.807, 2.05) is 30.3 Å². The highest BCUT2D eigenvalue weighted by molar-refractivity contribution is 5.78. The van der Waals surface area contributed by atoms with Gasteiger partial charge in [0.15, 0.2) is 6.61 Å². The van der Waals surface area contributed by atoms with Crippen molar-refractivity contribution in [1.82, 2.24) is 5.32 Å². The van der Waals surface area contributed by atoms with E-state index in [4.69, 9.17) is 4.74 Å². The van der Waals surface area contributed by atoms with Gasteiger partial charge in [0.1, 0.15) is 11.6 Å². The van der Waals surface area contributed by atoms with Gasteiger partial charge in [0, 0.05) is 0 Å². The van der Waals surface area contributed by atoms with E-state index in [1.165, 1.54) is 24.3 Å². The highest BCUT2D eigenvalue weighted by atomic mass is 19.1. The van der Waals surface area contributed by atoms with Gasteiger partial charge >= 0.3 is 0 Å². The van der Waals surface area contributed by atoms with Gasteiger partial charge in [0.05, 0.1) is 6.04 Å². The Labute approximate surface area is 130 Å². The second kappa shape index (κ2) is 7.59. The van der Waals surface area contributed by atoms with E-state index in [2.05, 4.69) is 19.2 Å². The summed E-state index contributed by atoms with van der Waals surface area (Å²) in [6.07, 6.45) is 0. The number of benzene rings is 2. The molecule has 22 heavy (non-hydrogen) atoms. The molecular weight excluding hydrogens is 281 g/mol. The lowest BCUT2D eigenvalue weighted by Gasteiger charge is -2.23. The predicted molar refractivity (Wildman–Crippen MR) is 84.1 cm³/mol. The van der Waals surface area contributed by atoms with Crippen molar-refractivity contribution in [1.29, 1.82) is 0 Å². The number of ether oxygens (including phenoxy) is 1. The van der Waals surface area contributed by atoms with Gasteiger partial charge in [-0.3, -0.25) is 4.79 Å². The summed E-state index contributed by atoms with van der Waals surface area (Å²) in [4.78, 5) is 12.1. The summed E-state index contributed by atoms with van der Waals surface area (Å²) in [5, 5.41) is 2.98. The highest BCUT2D eigenvalue weighted by Crippen LogP contribution is 2.21. The number of carbonyl (C=O) groups is 1. The number of hydrogen-bond acceptors (Lipinski definition) is 2. The molecule has 0 aliphatic carbocycles. The summed E-state index contributed by atoms with van der Waals surface area (Å²) in [5.74, 6) is 0.196. The van der Waals surface area contributed by atoms with E-state index in [1.54, 1.807) is 0 Å². The summed E-state index contributed by atoms with van der Waals surface area (Å²) in [6.45, 7) is 4.01. The number of carbonyl (C=O) groups excluding carboxylic acids is 1. The second-order valence-corrected chi connectivity index (χ2v) is 5.44. The average Bonchev–Trinajstić information content (AvgIpc) is 2.52. The molecule has 0 aromatic heterocycles. The largest absolute Gasteiger partial charge is 0.484 e. The van der Waals surface area contributed by atoms with Gasteiger partial charge in [-0.25, -0.2) is 4.39 Å². The fraction of sp³-hybridized carbons (Fsp3) is 0.278. The molecule has 0 aliphatic rings. The van der Waals surface area contributed by atoms with E-state index in [-0.39, 0.29) is 30.3 Å². The third-order valence-corrected chi connectivity index (χ3v) is 3.33. The maximum Gasteiger partial charge on any atom is 0.258 e. The monoisotopic (exact) mass is 301 g/mol. The molecule has 1 amide bonds. The van der Waals surface area contributed by atoms with Crippen molar-refractivity contribution in [3.63, 3.8) is 0 Å². The molecule has 0 aliphatic heterocycles. The minimum Gasteiger partial charge on any atom is -0.484 e. The number of halogens is 1. The SMILES string of the molecule is CC(C)C(NC(=O)COc1ccc(F)cc1)c1ccccc1. The Balaban J connectivity index is 1.93. The maximum atomic E-state index is 12.8. The zero-order valence-electron chi connectivity index (χ0n) is 12.8. The van der Waals surface area contributed by atoms with Crippen LogP contribution in [0.15, 0.2) is 54.6 Å². The molecule has 0 spiro atoms. The van der Waals surface area contributed by atoms with Gasteiger partial charge in [-0.1, -0.05) is 44.2 Å². The molecule has 2 rings (SSSR count). The van der Waals surface area contributed by atoms with Crippen molar-refractivity contribution in [3.05, 3.63) is 66.0 Å². The minimum atomic E-state index is -0.333. The zero-order valence-corrected chi connectivity index (χ0v) is 12.8. The van der Waals surface area contributed by atoms with Crippen molar-refractivity contribution in [2.45, 2.75) is 19.9 Å². The zero-order chi connectivity index (χ0) is 15.9. The standard InChI is InChI=1S/C18H20FNO2/c1-13(2)18(14-6-4-3-5-7-14)20-17(21)12-22-16-10-8-15(19)9-11-16/h3-11,13,18H,12H2,1-2H3,(H,20,21). The summed E-state index contributed by atoms with van der Waals surface area (Å²) in [7, 11) is 0. The molecule has 1 N–H and O–H groups in total. The van der Waals surface area contributed by atoms with Crippen molar-refractivity contribution in [3.8, 4) is 5.75 Å². The lowest BCUT2D eigenvalue weighted by Crippen LogP contribution is -2.35. The lowest BCUT2D eigenvalue weighted by molar-refractivity contribution is -0.124. The molecule has 0 bridgehead atoms. The molecule has 0 fully saturated rings. The van der Waals surface area contributed by atoms with Crippen molar-refractivity contribution in [2.75, 3.05) is 6.61 Å². The van der Waals surface area contributed by atoms with E-state index < -0.39 is 0 Å². The Morgan fingerprint density at radius 1 is 1.09 bits per heavy atom. The minimum absolute atomic E-state index is 0.0643. The first-order chi connectivity index (χ1) is 10.6. The fourth-order valence-electron chi connectivity index (χ4n) is 2.19. The molecule has 2 aromatic rings. The highest BCUT2D eigenvalue weighted by Gasteiger charge is 2.18. The molecule has 2 aromatic carbocycles. The van der Waals surface area contributed by atoms with E-state index in [0.29, 0.717) is 5.75 Å². The van der Waals surface area contributed by atoms with Crippen LogP contribution in [-0.2, 0) is 4.79 Å². The van der Waals surface area contributed by atoms with Crippen LogP contribution in [0.25, 0.3) is 0 Å². The average molecular weight is 301 g/mol. The first-order valence-electron chi connectivity index (χ1n) is 7.29. The number of hydrogen-bond donors (Lipinski definition) is 1. The van der Waals surface area contributed by atoms with Crippen molar-refractivity contribution < 1.29 is 13.9 Å². The van der Waals surface area contributed by atoms with Crippen LogP contribution in [0.3, 0.4) is 0 Å². The Kier molecular flexibility index (Phi) is 5.53. The molecule has 1 unspecified atom stereocenters. The third-order valence-electron chi connectivity index (χ3n) is 3.33. The summed E-state index contributed by atoms with van der Waals surface area (Å²) in [5.41, 5.74) is 1.06. The predicted octanol–water partition coefficient (Wildman–Crippen LogP) is 3.72. The van der Waals surface area contributed by atoms with Crippen LogP contribution >= 0.6 is 0 Å². The topological polar surface area (TPSA) is 38.3 Å². The Morgan fingerprint density at radius 3 is 2.32 bits per heavy atom. The molecule has 116 valence electrons. The summed E-state index contributed by atoms with van der Waals surface area (Å²) in [6, 6.07) is 15.4. The molecule has 0 saturated carbocycles. The molecule has 0 heterocycles. The van der Waals surface area contributed by atoms with Gasteiger partial charge in [-0.2, -0.15) is 0 Å². The van der Waals surface area contributed by atoms with Crippen LogP contribution in [0.5, 0.6) is 5.75 Å². The van der Waals surface area contributed by atoms with Gasteiger partial charge in [0.25, 0.3) is 5.91 Å². The molecule has 3 nitrogen and oxygen atoms in total. The molecular formula is C18H20FNO2. The summed E-state index contributed by atoms with van der Waals surface area (Å²) < 4.78 is 18.2. The molecule has 0 saturated heterocycles. The summed E-state index contributed by atoms with van der Waals surface area (Å²) >= 11 is 0. The van der Waals surface area contributed by atoms with Gasteiger partial charge in [0.2, 0.25) is 0 Å². The molecule has 1 atom stereocenters.